The van der Waals surface area contributed by atoms with Crippen molar-refractivity contribution in [1.82, 2.24) is 5.32 Å². The van der Waals surface area contributed by atoms with Crippen molar-refractivity contribution in [3.05, 3.63) is 28.2 Å². The average molecular weight is 346 g/mol. The van der Waals surface area contributed by atoms with Crippen molar-refractivity contribution in [3.63, 3.8) is 0 Å². The van der Waals surface area contributed by atoms with Gasteiger partial charge in [-0.25, -0.2) is 0 Å². The molecule has 0 heterocycles. The van der Waals surface area contributed by atoms with Gasteiger partial charge in [-0.1, -0.05) is 28.9 Å². The Morgan fingerprint density at radius 1 is 1.30 bits per heavy atom. The second-order valence-electron chi connectivity index (χ2n) is 4.54. The molecule has 5 heteroatoms. The van der Waals surface area contributed by atoms with Crippen LogP contribution in [0.15, 0.2) is 22.7 Å². The molecular formula is C15H24BrNO3. The van der Waals surface area contributed by atoms with E-state index in [1.165, 1.54) is 0 Å². The first-order chi connectivity index (χ1) is 9.69. The van der Waals surface area contributed by atoms with Crippen LogP contribution in [-0.2, 0) is 4.74 Å². The van der Waals surface area contributed by atoms with Crippen LogP contribution in [0.1, 0.15) is 31.9 Å². The number of hydrogen-bond donors (Lipinski definition) is 2. The molecule has 1 rings (SSSR count). The van der Waals surface area contributed by atoms with E-state index in [1.54, 1.807) is 0 Å². The quantitative estimate of drug-likeness (QED) is 0.640. The summed E-state index contributed by atoms with van der Waals surface area (Å²) in [4.78, 5) is 0. The van der Waals surface area contributed by atoms with Gasteiger partial charge in [0.1, 0.15) is 12.4 Å². The number of halogens is 1. The molecular weight excluding hydrogens is 322 g/mol. The van der Waals surface area contributed by atoms with Crippen LogP contribution >= 0.6 is 15.9 Å². The molecule has 0 aromatic heterocycles. The van der Waals surface area contributed by atoms with Crippen molar-refractivity contribution in [2.45, 2.75) is 26.3 Å². The molecule has 20 heavy (non-hydrogen) atoms. The second kappa shape index (κ2) is 10.2. The number of benzene rings is 1. The summed E-state index contributed by atoms with van der Waals surface area (Å²) in [7, 11) is 0. The van der Waals surface area contributed by atoms with Gasteiger partial charge in [-0.2, -0.15) is 0 Å². The third-order valence-electron chi connectivity index (χ3n) is 2.86. The van der Waals surface area contributed by atoms with Gasteiger partial charge in [-0.15, -0.1) is 0 Å². The Labute approximate surface area is 129 Å². The number of hydrogen-bond acceptors (Lipinski definition) is 4. The fourth-order valence-electron chi connectivity index (χ4n) is 1.84. The van der Waals surface area contributed by atoms with E-state index < -0.39 is 0 Å². The largest absolute Gasteiger partial charge is 0.491 e. The van der Waals surface area contributed by atoms with Crippen LogP contribution in [0.5, 0.6) is 5.75 Å². The van der Waals surface area contributed by atoms with Crippen LogP contribution in [0, 0.1) is 0 Å². The van der Waals surface area contributed by atoms with Crippen LogP contribution in [0.4, 0.5) is 0 Å². The first kappa shape index (κ1) is 17.4. The molecule has 1 aromatic carbocycles. The summed E-state index contributed by atoms with van der Waals surface area (Å²) >= 11 is 3.47. The maximum Gasteiger partial charge on any atom is 0.125 e. The molecule has 0 amide bonds. The molecule has 0 aliphatic carbocycles. The maximum absolute atomic E-state index is 8.64. The lowest BCUT2D eigenvalue weighted by Crippen LogP contribution is -2.20. The Kier molecular flexibility index (Phi) is 8.85. The maximum atomic E-state index is 8.64. The molecule has 1 unspecified atom stereocenters. The molecule has 4 nitrogen and oxygen atoms in total. The molecule has 0 fully saturated rings. The Balaban J connectivity index is 2.60. The smallest absolute Gasteiger partial charge is 0.125 e. The molecule has 0 aliphatic rings. The molecule has 1 aromatic rings. The van der Waals surface area contributed by atoms with E-state index in [4.69, 9.17) is 14.6 Å². The predicted octanol–water partition coefficient (Wildman–Crippen LogP) is 2.90. The lowest BCUT2D eigenvalue weighted by molar-refractivity contribution is 0.0702. The number of rotatable bonds is 10. The van der Waals surface area contributed by atoms with Gasteiger partial charge in [0.25, 0.3) is 0 Å². The van der Waals surface area contributed by atoms with Crippen molar-refractivity contribution in [1.29, 1.82) is 0 Å². The summed E-state index contributed by atoms with van der Waals surface area (Å²) in [6.45, 7) is 6.61. The van der Waals surface area contributed by atoms with Crippen molar-refractivity contribution in [3.8, 4) is 5.75 Å². The standard InChI is InChI=1S/C15H24BrNO3/c1-3-6-17-12(2)14-5-4-13(16)11-15(14)20-10-9-19-8-7-18/h4-5,11-12,17-18H,3,6-10H2,1-2H3. The summed E-state index contributed by atoms with van der Waals surface area (Å²) in [5.74, 6) is 0.864. The highest BCUT2D eigenvalue weighted by molar-refractivity contribution is 9.10. The van der Waals surface area contributed by atoms with Crippen LogP contribution in [-0.4, -0.2) is 38.1 Å². The third-order valence-corrected chi connectivity index (χ3v) is 3.36. The number of aliphatic hydroxyl groups excluding tert-OH is 1. The van der Waals surface area contributed by atoms with E-state index in [1.807, 2.05) is 12.1 Å². The van der Waals surface area contributed by atoms with Crippen LogP contribution in [0.25, 0.3) is 0 Å². The fourth-order valence-corrected chi connectivity index (χ4v) is 2.18. The van der Waals surface area contributed by atoms with E-state index in [2.05, 4.69) is 41.2 Å². The molecule has 0 bridgehead atoms. The third kappa shape index (κ3) is 6.22. The summed E-state index contributed by atoms with van der Waals surface area (Å²) in [5.41, 5.74) is 1.14. The van der Waals surface area contributed by atoms with Gasteiger partial charge in [-0.05, 0) is 32.0 Å². The van der Waals surface area contributed by atoms with Crippen molar-refractivity contribution >= 4 is 15.9 Å². The number of ether oxygens (including phenoxy) is 2. The minimum Gasteiger partial charge on any atom is -0.491 e. The highest BCUT2D eigenvalue weighted by atomic mass is 79.9. The normalized spacial score (nSPS) is 12.4. The highest BCUT2D eigenvalue weighted by Crippen LogP contribution is 2.28. The lowest BCUT2D eigenvalue weighted by Gasteiger charge is -2.18. The van der Waals surface area contributed by atoms with Crippen molar-refractivity contribution in [2.75, 3.05) is 33.0 Å². The SMILES string of the molecule is CCCNC(C)c1ccc(Br)cc1OCCOCCO. The van der Waals surface area contributed by atoms with Crippen LogP contribution in [0.2, 0.25) is 0 Å². The molecule has 0 aliphatic heterocycles. The zero-order valence-electron chi connectivity index (χ0n) is 12.2. The second-order valence-corrected chi connectivity index (χ2v) is 5.46. The Morgan fingerprint density at radius 3 is 2.80 bits per heavy atom. The van der Waals surface area contributed by atoms with Crippen molar-refractivity contribution < 1.29 is 14.6 Å². The first-order valence-electron chi connectivity index (χ1n) is 7.03. The fraction of sp³-hybridized carbons (Fsp3) is 0.600. The van der Waals surface area contributed by atoms with E-state index in [0.717, 1.165) is 28.8 Å². The van der Waals surface area contributed by atoms with Gasteiger partial charge in [0, 0.05) is 16.1 Å². The monoisotopic (exact) mass is 345 g/mol. The highest BCUT2D eigenvalue weighted by Gasteiger charge is 2.11. The Hall–Kier alpha value is -0.620. The Bertz CT molecular complexity index is 387. The van der Waals surface area contributed by atoms with Gasteiger partial charge in [0.15, 0.2) is 0 Å². The topological polar surface area (TPSA) is 50.7 Å². The first-order valence-corrected chi connectivity index (χ1v) is 7.82. The molecule has 0 spiro atoms. The van der Waals surface area contributed by atoms with Crippen LogP contribution < -0.4 is 10.1 Å². The lowest BCUT2D eigenvalue weighted by atomic mass is 10.1. The van der Waals surface area contributed by atoms with E-state index in [9.17, 15) is 0 Å². The summed E-state index contributed by atoms with van der Waals surface area (Å²) in [5, 5.41) is 12.1. The molecule has 0 radical (unpaired) electrons. The zero-order chi connectivity index (χ0) is 14.8. The molecule has 1 atom stereocenters. The predicted molar refractivity (Wildman–Crippen MR) is 84.3 cm³/mol. The number of nitrogens with one attached hydrogen (secondary N) is 1. The molecule has 2 N–H and O–H groups in total. The van der Waals surface area contributed by atoms with Crippen LogP contribution in [0.3, 0.4) is 0 Å². The van der Waals surface area contributed by atoms with Gasteiger partial charge < -0.3 is 19.9 Å². The molecule has 114 valence electrons. The minimum absolute atomic E-state index is 0.0418. The van der Waals surface area contributed by atoms with Gasteiger partial charge in [0.2, 0.25) is 0 Å². The Morgan fingerprint density at radius 2 is 2.10 bits per heavy atom. The van der Waals surface area contributed by atoms with Gasteiger partial charge in [-0.3, -0.25) is 0 Å². The molecule has 0 saturated heterocycles. The average Bonchev–Trinajstić information content (AvgIpc) is 2.44. The van der Waals surface area contributed by atoms with Gasteiger partial charge in [0.05, 0.1) is 19.8 Å². The molecule has 0 saturated carbocycles. The van der Waals surface area contributed by atoms with Crippen molar-refractivity contribution in [2.24, 2.45) is 0 Å². The van der Waals surface area contributed by atoms with Gasteiger partial charge >= 0.3 is 0 Å². The summed E-state index contributed by atoms with van der Waals surface area (Å²) in [6, 6.07) is 6.32. The van der Waals surface area contributed by atoms with E-state index in [0.29, 0.717) is 19.8 Å². The number of aliphatic hydroxyl groups is 1. The summed E-state index contributed by atoms with van der Waals surface area (Å²) in [6.07, 6.45) is 1.10. The van der Waals surface area contributed by atoms with E-state index >= 15 is 0 Å². The zero-order valence-corrected chi connectivity index (χ0v) is 13.8. The van der Waals surface area contributed by atoms with E-state index in [-0.39, 0.29) is 12.6 Å². The minimum atomic E-state index is 0.0418. The summed E-state index contributed by atoms with van der Waals surface area (Å²) < 4.78 is 12.0.